The number of rotatable bonds is 7. The van der Waals surface area contributed by atoms with Crippen LogP contribution in [-0.2, 0) is 9.53 Å². The fourth-order valence-corrected chi connectivity index (χ4v) is 2.08. The Bertz CT molecular complexity index is 196. The van der Waals surface area contributed by atoms with E-state index < -0.39 is 0 Å². The second-order valence-electron chi connectivity index (χ2n) is 4.41. The van der Waals surface area contributed by atoms with E-state index in [4.69, 9.17) is 9.84 Å². The second-order valence-corrected chi connectivity index (χ2v) is 4.41. The van der Waals surface area contributed by atoms with Crippen LogP contribution < -0.4 is 5.32 Å². The Labute approximate surface area is 97.4 Å². The van der Waals surface area contributed by atoms with E-state index in [9.17, 15) is 4.79 Å². The summed E-state index contributed by atoms with van der Waals surface area (Å²) in [5.41, 5.74) is 0. The third kappa shape index (κ3) is 4.49. The van der Waals surface area contributed by atoms with Gasteiger partial charge in [0, 0.05) is 19.8 Å². The number of ether oxygens (including phenoxy) is 1. The highest BCUT2D eigenvalue weighted by molar-refractivity contribution is 5.80. The van der Waals surface area contributed by atoms with Gasteiger partial charge in [0.25, 0.3) is 0 Å². The molecule has 0 aromatic heterocycles. The molecule has 4 nitrogen and oxygen atoms in total. The first-order valence-corrected chi connectivity index (χ1v) is 6.28. The van der Waals surface area contributed by atoms with Gasteiger partial charge in [-0.25, -0.2) is 0 Å². The zero-order valence-corrected chi connectivity index (χ0v) is 10.1. The third-order valence-corrected chi connectivity index (χ3v) is 3.02. The molecule has 16 heavy (non-hydrogen) atoms. The first-order valence-electron chi connectivity index (χ1n) is 6.28. The summed E-state index contributed by atoms with van der Waals surface area (Å²) in [6.07, 6.45) is 4.47. The highest BCUT2D eigenvalue weighted by Crippen LogP contribution is 2.13. The smallest absolute Gasteiger partial charge is 0.249 e. The van der Waals surface area contributed by atoms with Crippen LogP contribution in [0, 0.1) is 5.92 Å². The number of carbonyl (C=O) groups is 1. The van der Waals surface area contributed by atoms with E-state index >= 15 is 0 Å². The predicted octanol–water partition coefficient (Wildman–Crippen LogP) is 1.08. The minimum Gasteiger partial charge on any atom is -0.396 e. The fourth-order valence-electron chi connectivity index (χ4n) is 2.08. The summed E-state index contributed by atoms with van der Waals surface area (Å²) in [5.74, 6) is 0.400. The van der Waals surface area contributed by atoms with Gasteiger partial charge in [0.1, 0.15) is 6.10 Å². The minimum atomic E-state index is -0.239. The van der Waals surface area contributed by atoms with Crippen LogP contribution in [0.3, 0.4) is 0 Å². The molecule has 1 rings (SSSR count). The standard InChI is InChI=1S/C12H23NO3/c1-2-4-10(6-7-14)9-13-12(15)11-5-3-8-16-11/h10-11,14H,2-9H2,1H3,(H,13,15)/t10?,11-/m0/s1. The molecule has 0 bridgehead atoms. The molecule has 0 aromatic carbocycles. The van der Waals surface area contributed by atoms with Gasteiger partial charge in [-0.15, -0.1) is 0 Å². The Hall–Kier alpha value is -0.610. The summed E-state index contributed by atoms with van der Waals surface area (Å²) in [7, 11) is 0. The van der Waals surface area contributed by atoms with E-state index in [1.54, 1.807) is 0 Å². The van der Waals surface area contributed by atoms with E-state index in [0.717, 1.165) is 32.1 Å². The second kappa shape index (κ2) is 7.63. The third-order valence-electron chi connectivity index (χ3n) is 3.02. The summed E-state index contributed by atoms with van der Waals surface area (Å²) in [6.45, 7) is 3.67. The summed E-state index contributed by atoms with van der Waals surface area (Å²) >= 11 is 0. The quantitative estimate of drug-likeness (QED) is 0.687. The van der Waals surface area contributed by atoms with Crippen molar-refractivity contribution in [2.24, 2.45) is 5.92 Å². The monoisotopic (exact) mass is 229 g/mol. The number of carbonyl (C=O) groups excluding carboxylic acids is 1. The SMILES string of the molecule is CCCC(CCO)CNC(=O)[C@@H]1CCCO1. The van der Waals surface area contributed by atoms with Crippen molar-refractivity contribution in [1.29, 1.82) is 0 Å². The van der Waals surface area contributed by atoms with Gasteiger partial charge in [-0.1, -0.05) is 13.3 Å². The van der Waals surface area contributed by atoms with Gasteiger partial charge in [0.15, 0.2) is 0 Å². The van der Waals surface area contributed by atoms with Crippen LogP contribution in [0.1, 0.15) is 39.0 Å². The van der Waals surface area contributed by atoms with Gasteiger partial charge in [-0.05, 0) is 31.6 Å². The highest BCUT2D eigenvalue weighted by atomic mass is 16.5. The molecular formula is C12H23NO3. The van der Waals surface area contributed by atoms with Crippen molar-refractivity contribution in [3.05, 3.63) is 0 Å². The van der Waals surface area contributed by atoms with Crippen molar-refractivity contribution in [3.63, 3.8) is 0 Å². The minimum absolute atomic E-state index is 0.0107. The average Bonchev–Trinajstić information content (AvgIpc) is 2.79. The van der Waals surface area contributed by atoms with E-state index in [-0.39, 0.29) is 18.6 Å². The van der Waals surface area contributed by atoms with Crippen molar-refractivity contribution in [1.82, 2.24) is 5.32 Å². The molecule has 0 radical (unpaired) electrons. The Kier molecular flexibility index (Phi) is 6.42. The zero-order chi connectivity index (χ0) is 11.8. The molecule has 1 aliphatic rings. The first-order chi connectivity index (χ1) is 7.77. The molecule has 0 aromatic rings. The van der Waals surface area contributed by atoms with Crippen LogP contribution in [0.25, 0.3) is 0 Å². The van der Waals surface area contributed by atoms with E-state index in [1.807, 2.05) is 0 Å². The van der Waals surface area contributed by atoms with Crippen LogP contribution in [0.4, 0.5) is 0 Å². The Balaban J connectivity index is 2.21. The van der Waals surface area contributed by atoms with Gasteiger partial charge >= 0.3 is 0 Å². The number of nitrogens with one attached hydrogen (secondary N) is 1. The van der Waals surface area contributed by atoms with Gasteiger partial charge < -0.3 is 15.2 Å². The molecule has 1 unspecified atom stereocenters. The molecule has 1 heterocycles. The number of amides is 1. The van der Waals surface area contributed by atoms with Gasteiger partial charge in [0.05, 0.1) is 0 Å². The van der Waals surface area contributed by atoms with Crippen LogP contribution in [0.15, 0.2) is 0 Å². The first kappa shape index (κ1) is 13.5. The zero-order valence-electron chi connectivity index (χ0n) is 10.1. The molecule has 0 saturated carbocycles. The number of aliphatic hydroxyl groups excluding tert-OH is 1. The molecule has 1 amide bonds. The lowest BCUT2D eigenvalue weighted by Gasteiger charge is -2.17. The maximum atomic E-state index is 11.7. The van der Waals surface area contributed by atoms with Crippen LogP contribution in [0.2, 0.25) is 0 Å². The maximum Gasteiger partial charge on any atom is 0.249 e. The largest absolute Gasteiger partial charge is 0.396 e. The molecule has 2 atom stereocenters. The summed E-state index contributed by atoms with van der Waals surface area (Å²) in [6, 6.07) is 0. The normalized spacial score (nSPS) is 22.0. The predicted molar refractivity (Wildman–Crippen MR) is 62.1 cm³/mol. The van der Waals surface area contributed by atoms with Crippen LogP contribution in [-0.4, -0.2) is 36.9 Å². The molecule has 4 heteroatoms. The van der Waals surface area contributed by atoms with Crippen LogP contribution in [0.5, 0.6) is 0 Å². The van der Waals surface area contributed by atoms with Crippen molar-refractivity contribution in [2.75, 3.05) is 19.8 Å². The number of hydrogen-bond donors (Lipinski definition) is 2. The lowest BCUT2D eigenvalue weighted by Crippen LogP contribution is -2.37. The molecule has 2 N–H and O–H groups in total. The van der Waals surface area contributed by atoms with Gasteiger partial charge in [-0.2, -0.15) is 0 Å². The lowest BCUT2D eigenvalue weighted by molar-refractivity contribution is -0.130. The Morgan fingerprint density at radius 2 is 2.38 bits per heavy atom. The van der Waals surface area contributed by atoms with Crippen molar-refractivity contribution < 1.29 is 14.6 Å². The van der Waals surface area contributed by atoms with Crippen molar-refractivity contribution in [3.8, 4) is 0 Å². The lowest BCUT2D eigenvalue weighted by atomic mass is 10.00. The highest BCUT2D eigenvalue weighted by Gasteiger charge is 2.23. The average molecular weight is 229 g/mol. The summed E-state index contributed by atoms with van der Waals surface area (Å²) in [5, 5.41) is 11.8. The Morgan fingerprint density at radius 1 is 1.56 bits per heavy atom. The van der Waals surface area contributed by atoms with E-state index in [0.29, 0.717) is 19.1 Å². The summed E-state index contributed by atoms with van der Waals surface area (Å²) < 4.78 is 5.31. The molecule has 1 saturated heterocycles. The topological polar surface area (TPSA) is 58.6 Å². The molecule has 1 fully saturated rings. The molecule has 1 aliphatic heterocycles. The van der Waals surface area contributed by atoms with Gasteiger partial charge in [-0.3, -0.25) is 4.79 Å². The molecule has 0 spiro atoms. The van der Waals surface area contributed by atoms with Crippen LogP contribution >= 0.6 is 0 Å². The molecular weight excluding hydrogens is 206 g/mol. The molecule has 0 aliphatic carbocycles. The Morgan fingerprint density at radius 3 is 2.94 bits per heavy atom. The van der Waals surface area contributed by atoms with Crippen molar-refractivity contribution >= 4 is 5.91 Å². The van der Waals surface area contributed by atoms with Crippen molar-refractivity contribution in [2.45, 2.75) is 45.1 Å². The fraction of sp³-hybridized carbons (Fsp3) is 0.917. The maximum absolute atomic E-state index is 11.7. The van der Waals surface area contributed by atoms with E-state index in [1.165, 1.54) is 0 Å². The number of hydrogen-bond acceptors (Lipinski definition) is 3. The summed E-state index contributed by atoms with van der Waals surface area (Å²) in [4.78, 5) is 11.7. The van der Waals surface area contributed by atoms with Gasteiger partial charge in [0.2, 0.25) is 5.91 Å². The van der Waals surface area contributed by atoms with E-state index in [2.05, 4.69) is 12.2 Å². The number of aliphatic hydroxyl groups is 1. The molecule has 94 valence electrons.